The van der Waals surface area contributed by atoms with E-state index in [0.29, 0.717) is 12.5 Å². The van der Waals surface area contributed by atoms with Crippen molar-refractivity contribution in [3.05, 3.63) is 28.2 Å². The first kappa shape index (κ1) is 11.9. The van der Waals surface area contributed by atoms with Gasteiger partial charge in [0.15, 0.2) is 0 Å². The van der Waals surface area contributed by atoms with Gasteiger partial charge in [-0.25, -0.2) is 0 Å². The number of rotatable bonds is 4. The lowest BCUT2D eigenvalue weighted by molar-refractivity contribution is 0.0615. The lowest BCUT2D eigenvalue weighted by atomic mass is 9.79. The fourth-order valence-corrected chi connectivity index (χ4v) is 2.61. The van der Waals surface area contributed by atoms with Gasteiger partial charge >= 0.3 is 0 Å². The molecule has 0 saturated heterocycles. The second-order valence-corrected chi connectivity index (χ2v) is 5.11. The van der Waals surface area contributed by atoms with E-state index in [4.69, 9.17) is 4.74 Å². The van der Waals surface area contributed by atoms with Crippen LogP contribution in [0.25, 0.3) is 0 Å². The summed E-state index contributed by atoms with van der Waals surface area (Å²) in [6, 6.07) is 5.81. The normalized spacial score (nSPS) is 17.9. The van der Waals surface area contributed by atoms with Gasteiger partial charge in [0.1, 0.15) is 5.75 Å². The Hall–Kier alpha value is -0.540. The van der Waals surface area contributed by atoms with Crippen LogP contribution in [0.5, 0.6) is 5.75 Å². The molecule has 1 atom stereocenters. The third-order valence-electron chi connectivity index (χ3n) is 3.20. The monoisotopic (exact) mass is 284 g/mol. The van der Waals surface area contributed by atoms with Crippen LogP contribution in [0.4, 0.5) is 0 Å². The minimum Gasteiger partial charge on any atom is -0.494 e. The highest BCUT2D eigenvalue weighted by molar-refractivity contribution is 9.10. The van der Waals surface area contributed by atoms with Gasteiger partial charge in [0, 0.05) is 4.47 Å². The number of aliphatic hydroxyl groups is 1. The van der Waals surface area contributed by atoms with Gasteiger partial charge in [0.05, 0.1) is 12.7 Å². The lowest BCUT2D eigenvalue weighted by Crippen LogP contribution is -2.20. The Balaban J connectivity index is 2.14. The Kier molecular flexibility index (Phi) is 3.87. The van der Waals surface area contributed by atoms with Gasteiger partial charge in [0.2, 0.25) is 0 Å². The van der Waals surface area contributed by atoms with Crippen molar-refractivity contribution >= 4 is 15.9 Å². The molecular weight excluding hydrogens is 268 g/mol. The van der Waals surface area contributed by atoms with Crippen molar-refractivity contribution in [3.63, 3.8) is 0 Å². The van der Waals surface area contributed by atoms with Gasteiger partial charge in [-0.3, -0.25) is 0 Å². The van der Waals surface area contributed by atoms with Gasteiger partial charge in [-0.15, -0.1) is 0 Å². The van der Waals surface area contributed by atoms with E-state index < -0.39 is 0 Å². The molecule has 1 saturated carbocycles. The number of ether oxygens (including phenoxy) is 1. The summed E-state index contributed by atoms with van der Waals surface area (Å²) >= 11 is 3.50. The van der Waals surface area contributed by atoms with Gasteiger partial charge in [-0.1, -0.05) is 28.4 Å². The molecule has 2 rings (SSSR count). The van der Waals surface area contributed by atoms with E-state index in [2.05, 4.69) is 15.9 Å². The molecule has 2 nitrogen and oxygen atoms in total. The van der Waals surface area contributed by atoms with E-state index >= 15 is 0 Å². The molecule has 0 heterocycles. The number of benzene rings is 1. The number of hydrogen-bond donors (Lipinski definition) is 1. The smallest absolute Gasteiger partial charge is 0.120 e. The van der Waals surface area contributed by atoms with Crippen molar-refractivity contribution < 1.29 is 9.84 Å². The minimum absolute atomic E-state index is 0.334. The average Bonchev–Trinajstić information content (AvgIpc) is 2.15. The quantitative estimate of drug-likeness (QED) is 0.914. The minimum atomic E-state index is -0.334. The summed E-state index contributed by atoms with van der Waals surface area (Å²) in [5.41, 5.74) is 0.980. The molecule has 1 aliphatic rings. The Morgan fingerprint density at radius 2 is 2.25 bits per heavy atom. The van der Waals surface area contributed by atoms with Gasteiger partial charge in [-0.2, -0.15) is 0 Å². The zero-order valence-corrected chi connectivity index (χ0v) is 11.0. The van der Waals surface area contributed by atoms with Crippen molar-refractivity contribution in [2.24, 2.45) is 5.92 Å². The van der Waals surface area contributed by atoms with Crippen molar-refractivity contribution in [1.29, 1.82) is 0 Å². The molecule has 0 radical (unpaired) electrons. The van der Waals surface area contributed by atoms with E-state index in [9.17, 15) is 5.11 Å². The predicted molar refractivity (Wildman–Crippen MR) is 67.6 cm³/mol. The van der Waals surface area contributed by atoms with Crippen molar-refractivity contribution in [1.82, 2.24) is 0 Å². The van der Waals surface area contributed by atoms with Gasteiger partial charge in [0.25, 0.3) is 0 Å². The van der Waals surface area contributed by atoms with E-state index in [0.717, 1.165) is 28.6 Å². The fraction of sp³-hybridized carbons (Fsp3) is 0.538. The summed E-state index contributed by atoms with van der Waals surface area (Å²) in [5, 5.41) is 10.2. The second-order valence-electron chi connectivity index (χ2n) is 4.25. The molecule has 1 unspecified atom stereocenters. The molecule has 0 bridgehead atoms. The van der Waals surface area contributed by atoms with Gasteiger partial charge in [-0.05, 0) is 43.4 Å². The van der Waals surface area contributed by atoms with E-state index in [-0.39, 0.29) is 6.10 Å². The molecule has 3 heteroatoms. The van der Waals surface area contributed by atoms with Crippen LogP contribution in [0.1, 0.15) is 37.9 Å². The van der Waals surface area contributed by atoms with Gasteiger partial charge < -0.3 is 9.84 Å². The van der Waals surface area contributed by atoms with Crippen LogP contribution >= 0.6 is 15.9 Å². The topological polar surface area (TPSA) is 29.5 Å². The first-order valence-corrected chi connectivity index (χ1v) is 6.62. The first-order valence-electron chi connectivity index (χ1n) is 5.82. The maximum atomic E-state index is 10.2. The SMILES string of the molecule is CCOc1ccc(C(O)C2CCC2)c(Br)c1. The summed E-state index contributed by atoms with van der Waals surface area (Å²) in [4.78, 5) is 0. The molecule has 88 valence electrons. The molecule has 0 spiro atoms. The zero-order valence-electron chi connectivity index (χ0n) is 9.45. The maximum Gasteiger partial charge on any atom is 0.120 e. The summed E-state index contributed by atoms with van der Waals surface area (Å²) in [6.45, 7) is 2.63. The maximum absolute atomic E-state index is 10.2. The third-order valence-corrected chi connectivity index (χ3v) is 3.88. The van der Waals surface area contributed by atoms with E-state index in [1.807, 2.05) is 25.1 Å². The molecule has 0 aromatic heterocycles. The lowest BCUT2D eigenvalue weighted by Gasteiger charge is -2.31. The molecular formula is C13H17BrO2. The van der Waals surface area contributed by atoms with Crippen molar-refractivity contribution in [2.75, 3.05) is 6.61 Å². The predicted octanol–water partition coefficient (Wildman–Crippen LogP) is 3.68. The zero-order chi connectivity index (χ0) is 11.5. The Bertz CT molecular complexity index is 361. The van der Waals surface area contributed by atoms with Crippen LogP contribution in [-0.4, -0.2) is 11.7 Å². The van der Waals surface area contributed by atoms with E-state index in [1.165, 1.54) is 6.42 Å². The van der Waals surface area contributed by atoms with Crippen molar-refractivity contribution in [3.8, 4) is 5.75 Å². The standard InChI is InChI=1S/C13H17BrO2/c1-2-16-10-6-7-11(12(14)8-10)13(15)9-4-3-5-9/h6-9,13,15H,2-5H2,1H3. The highest BCUT2D eigenvalue weighted by Gasteiger charge is 2.27. The number of halogens is 1. The van der Waals surface area contributed by atoms with Crippen LogP contribution < -0.4 is 4.74 Å². The Morgan fingerprint density at radius 3 is 2.75 bits per heavy atom. The van der Waals surface area contributed by atoms with E-state index in [1.54, 1.807) is 0 Å². The molecule has 1 aromatic rings. The summed E-state index contributed by atoms with van der Waals surface area (Å²) in [7, 11) is 0. The molecule has 16 heavy (non-hydrogen) atoms. The van der Waals surface area contributed by atoms with Crippen LogP contribution in [0.15, 0.2) is 22.7 Å². The van der Waals surface area contributed by atoms with Crippen molar-refractivity contribution in [2.45, 2.75) is 32.3 Å². The van der Waals surface area contributed by atoms with Crippen LogP contribution in [0, 0.1) is 5.92 Å². The molecule has 1 N–H and O–H groups in total. The molecule has 1 aliphatic carbocycles. The average molecular weight is 285 g/mol. The third kappa shape index (κ3) is 2.41. The molecule has 1 aromatic carbocycles. The Labute approximate surface area is 105 Å². The van der Waals surface area contributed by atoms with Crippen LogP contribution in [0.2, 0.25) is 0 Å². The summed E-state index contributed by atoms with van der Waals surface area (Å²) in [6.07, 6.45) is 3.19. The van der Waals surface area contributed by atoms with Crippen LogP contribution in [-0.2, 0) is 0 Å². The summed E-state index contributed by atoms with van der Waals surface area (Å²) < 4.78 is 6.35. The highest BCUT2D eigenvalue weighted by Crippen LogP contribution is 2.40. The molecule has 1 fully saturated rings. The number of hydrogen-bond acceptors (Lipinski definition) is 2. The molecule has 0 aliphatic heterocycles. The fourth-order valence-electron chi connectivity index (χ4n) is 2.01. The molecule has 0 amide bonds. The van der Waals surface area contributed by atoms with Crippen LogP contribution in [0.3, 0.4) is 0 Å². The Morgan fingerprint density at radius 1 is 1.50 bits per heavy atom. The largest absolute Gasteiger partial charge is 0.494 e. The summed E-state index contributed by atoms with van der Waals surface area (Å²) in [5.74, 6) is 1.29. The highest BCUT2D eigenvalue weighted by atomic mass is 79.9. The second kappa shape index (κ2) is 5.19. The first-order chi connectivity index (χ1) is 7.72. The number of aliphatic hydroxyl groups excluding tert-OH is 1.